The van der Waals surface area contributed by atoms with Crippen LogP contribution < -0.4 is 41.9 Å². The molecule has 0 bridgehead atoms. The molecule has 0 saturated carbocycles. The Morgan fingerprint density at radius 3 is 1.86 bits per heavy atom. The van der Waals surface area contributed by atoms with Gasteiger partial charge in [0.1, 0.15) is 24.7 Å². The van der Waals surface area contributed by atoms with E-state index in [2.05, 4.69) is 48.9 Å². The monoisotopic (exact) mass is 854 g/mol. The molecular formula is C38H62N8O12S. The van der Waals surface area contributed by atoms with Crippen molar-refractivity contribution in [3.8, 4) is 0 Å². The summed E-state index contributed by atoms with van der Waals surface area (Å²) in [4.78, 5) is 97.0. The summed E-state index contributed by atoms with van der Waals surface area (Å²) in [6.07, 6.45) is 2.09. The van der Waals surface area contributed by atoms with Crippen molar-refractivity contribution in [1.29, 1.82) is 0 Å². The number of carbonyl (C=O) groups excluding carboxylic acids is 6. The summed E-state index contributed by atoms with van der Waals surface area (Å²) in [5.74, 6) is -4.79. The van der Waals surface area contributed by atoms with Crippen molar-refractivity contribution in [3.63, 3.8) is 0 Å². The Hall–Kier alpha value is -4.99. The zero-order valence-electron chi connectivity index (χ0n) is 34.2. The summed E-state index contributed by atoms with van der Waals surface area (Å²) < 4.78 is 13.6. The van der Waals surface area contributed by atoms with E-state index in [9.17, 15) is 48.6 Å². The van der Waals surface area contributed by atoms with Crippen molar-refractivity contribution >= 4 is 65.0 Å². The number of carboxylic acid groups (broad SMARTS) is 2. The van der Waals surface area contributed by atoms with Crippen molar-refractivity contribution in [2.75, 3.05) is 71.2 Å². The number of unbranched alkanes of at least 4 members (excludes halogenated alkanes) is 1. The number of carboxylic acids is 2. The Balaban J connectivity index is 2.25. The third-order valence-electron chi connectivity index (χ3n) is 8.38. The number of carbonyl (C=O) groups is 8. The maximum atomic E-state index is 12.4. The predicted octanol–water partition coefficient (Wildman–Crippen LogP) is 0.136. The summed E-state index contributed by atoms with van der Waals surface area (Å²) in [6.45, 7) is 3.36. The minimum absolute atomic E-state index is 0.0550. The highest BCUT2D eigenvalue weighted by Gasteiger charge is 2.25. The van der Waals surface area contributed by atoms with Gasteiger partial charge in [-0.1, -0.05) is 18.9 Å². The number of nitrogens with one attached hydrogen (secondary N) is 8. The van der Waals surface area contributed by atoms with Gasteiger partial charge in [-0.05, 0) is 76.3 Å². The van der Waals surface area contributed by atoms with Gasteiger partial charge in [-0.2, -0.15) is 0 Å². The average molecular weight is 855 g/mol. The molecule has 21 heteroatoms. The van der Waals surface area contributed by atoms with Crippen molar-refractivity contribution in [2.45, 2.75) is 89.3 Å². The van der Waals surface area contributed by atoms with Gasteiger partial charge in [0, 0.05) is 62.9 Å². The molecule has 20 nitrogen and oxygen atoms in total. The number of anilines is 1. The fourth-order valence-electron chi connectivity index (χ4n) is 5.21. The highest BCUT2D eigenvalue weighted by Crippen LogP contribution is 2.10. The first-order chi connectivity index (χ1) is 28.3. The largest absolute Gasteiger partial charge is 0.480 e. The van der Waals surface area contributed by atoms with Crippen LogP contribution >= 0.6 is 11.9 Å². The highest BCUT2D eigenvalue weighted by molar-refractivity contribution is 7.97. The maximum Gasteiger partial charge on any atom is 0.326 e. The molecule has 0 fully saturated rings. The molecule has 0 spiro atoms. The summed E-state index contributed by atoms with van der Waals surface area (Å²) in [7, 11) is 3.21. The molecule has 0 heterocycles. The van der Waals surface area contributed by atoms with Crippen molar-refractivity contribution in [2.24, 2.45) is 0 Å². The van der Waals surface area contributed by atoms with Gasteiger partial charge >= 0.3 is 11.9 Å². The maximum absolute atomic E-state index is 12.4. The summed E-state index contributed by atoms with van der Waals surface area (Å²) in [5.41, 5.74) is 1.49. The zero-order valence-corrected chi connectivity index (χ0v) is 35.0. The van der Waals surface area contributed by atoms with E-state index in [1.807, 2.05) is 12.1 Å². The Labute approximate surface area is 349 Å². The lowest BCUT2D eigenvalue weighted by molar-refractivity contribution is -0.143. The molecule has 59 heavy (non-hydrogen) atoms. The van der Waals surface area contributed by atoms with E-state index in [1.165, 1.54) is 19.0 Å². The van der Waals surface area contributed by atoms with Gasteiger partial charge in [0.2, 0.25) is 29.5 Å². The molecule has 0 radical (unpaired) electrons. The van der Waals surface area contributed by atoms with Crippen LogP contribution in [-0.4, -0.2) is 142 Å². The van der Waals surface area contributed by atoms with E-state index >= 15 is 0 Å². The summed E-state index contributed by atoms with van der Waals surface area (Å²) >= 11 is 1.41. The summed E-state index contributed by atoms with van der Waals surface area (Å²) in [6, 6.07) is 3.72. The van der Waals surface area contributed by atoms with Gasteiger partial charge in [0.05, 0.1) is 19.8 Å². The van der Waals surface area contributed by atoms with Crippen molar-refractivity contribution < 1.29 is 58.0 Å². The number of amides is 6. The Morgan fingerprint density at radius 1 is 0.644 bits per heavy atom. The lowest BCUT2D eigenvalue weighted by atomic mass is 10.1. The first-order valence-electron chi connectivity index (χ1n) is 19.7. The second-order valence-electron chi connectivity index (χ2n) is 13.2. The first kappa shape index (κ1) is 52.0. The SMILES string of the molecule is CCCNc1ccc(C(=O)NCCCCC(NC(=O)COCCOCCNC(=O)CCC(NC(=O)CCC(NC(=O)CCCSNC)C(=O)O)C(=O)O)C(=O)NC)cc1. The number of rotatable bonds is 34. The van der Waals surface area contributed by atoms with Crippen LogP contribution in [0.1, 0.15) is 81.5 Å². The Morgan fingerprint density at radius 2 is 1.25 bits per heavy atom. The lowest BCUT2D eigenvalue weighted by Crippen LogP contribution is -2.47. The number of likely N-dealkylation sites (N-methyl/N-ethyl adjacent to an activating group) is 1. The molecule has 3 atom stereocenters. The Kier molecular flexibility index (Phi) is 28.2. The first-order valence-corrected chi connectivity index (χ1v) is 20.7. The average Bonchev–Trinajstić information content (AvgIpc) is 3.21. The fraction of sp³-hybridized carbons (Fsp3) is 0.632. The van der Waals surface area contributed by atoms with Gasteiger partial charge < -0.3 is 56.9 Å². The van der Waals surface area contributed by atoms with E-state index in [1.54, 1.807) is 19.2 Å². The second kappa shape index (κ2) is 31.9. The van der Waals surface area contributed by atoms with Crippen LogP contribution in [0, 0.1) is 0 Å². The molecule has 3 unspecified atom stereocenters. The fourth-order valence-corrected chi connectivity index (χ4v) is 5.70. The van der Waals surface area contributed by atoms with Gasteiger partial charge in [-0.15, -0.1) is 0 Å². The number of aliphatic carboxylic acids is 2. The van der Waals surface area contributed by atoms with Crippen LogP contribution in [0.4, 0.5) is 5.69 Å². The van der Waals surface area contributed by atoms with E-state index < -0.39 is 53.7 Å². The molecule has 0 saturated heterocycles. The van der Waals surface area contributed by atoms with Gasteiger partial charge in [-0.25, -0.2) is 9.59 Å². The van der Waals surface area contributed by atoms with Crippen LogP contribution in [0.25, 0.3) is 0 Å². The number of hydrogen-bond donors (Lipinski definition) is 10. The third kappa shape index (κ3) is 25.2. The molecule has 6 amide bonds. The van der Waals surface area contributed by atoms with Gasteiger partial charge in [-0.3, -0.25) is 33.5 Å². The van der Waals surface area contributed by atoms with Crippen LogP contribution in [0.5, 0.6) is 0 Å². The Bertz CT molecular complexity index is 1470. The minimum atomic E-state index is -1.39. The smallest absolute Gasteiger partial charge is 0.326 e. The second-order valence-corrected chi connectivity index (χ2v) is 14.3. The molecule has 0 aliphatic heterocycles. The lowest BCUT2D eigenvalue weighted by Gasteiger charge is -2.17. The van der Waals surface area contributed by atoms with Crippen LogP contribution in [0.3, 0.4) is 0 Å². The summed E-state index contributed by atoms with van der Waals surface area (Å²) in [5, 5.41) is 37.4. The normalized spacial score (nSPS) is 12.3. The number of hydrogen-bond acceptors (Lipinski definition) is 13. The molecule has 1 aromatic rings. The molecule has 0 aliphatic carbocycles. The predicted molar refractivity (Wildman–Crippen MR) is 220 cm³/mol. The number of ether oxygens (including phenoxy) is 2. The molecule has 10 N–H and O–H groups in total. The quantitative estimate of drug-likeness (QED) is 0.0326. The molecule has 1 rings (SSSR count). The molecule has 1 aromatic carbocycles. The van der Waals surface area contributed by atoms with E-state index in [0.717, 1.165) is 18.7 Å². The van der Waals surface area contributed by atoms with Crippen LogP contribution in [0.2, 0.25) is 0 Å². The van der Waals surface area contributed by atoms with Crippen LogP contribution in [0.15, 0.2) is 24.3 Å². The molecular weight excluding hydrogens is 793 g/mol. The van der Waals surface area contributed by atoms with Crippen molar-refractivity contribution in [1.82, 2.24) is 36.6 Å². The highest BCUT2D eigenvalue weighted by atomic mass is 32.2. The van der Waals surface area contributed by atoms with Crippen molar-refractivity contribution in [3.05, 3.63) is 29.8 Å². The van der Waals surface area contributed by atoms with E-state index in [-0.39, 0.29) is 76.9 Å². The molecule has 0 aliphatic rings. The van der Waals surface area contributed by atoms with Gasteiger partial charge in [0.25, 0.3) is 5.91 Å². The standard InChI is InChI=1S/C38H62N8O12S/c1-4-18-41-27-12-10-26(11-13-27)35(51)43-19-6-5-8-28(36(52)39-2)44-34(50)25-58-23-22-57-21-20-42-31(47)16-14-29(37(53)54)46-33(49)17-15-30(38(55)56)45-32(48)9-7-24-59-40-3/h10-13,28-30,40-41H,4-9,14-25H2,1-3H3,(H,39,52)(H,42,47)(H,43,51)(H,44,50)(H,45,48)(H,46,49)(H,53,54)(H,55,56). The molecule has 0 aromatic heterocycles. The zero-order chi connectivity index (χ0) is 43.8. The van der Waals surface area contributed by atoms with E-state index in [0.29, 0.717) is 43.5 Å². The molecule has 332 valence electrons. The van der Waals surface area contributed by atoms with E-state index in [4.69, 9.17) is 9.47 Å². The minimum Gasteiger partial charge on any atom is -0.480 e. The van der Waals surface area contributed by atoms with Gasteiger partial charge in [0.15, 0.2) is 0 Å². The van der Waals surface area contributed by atoms with Crippen LogP contribution in [-0.2, 0) is 43.0 Å². The third-order valence-corrected chi connectivity index (χ3v) is 9.17. The number of benzene rings is 1. The topological polar surface area (TPSA) is 292 Å².